The minimum atomic E-state index is -1.16. The Hall–Kier alpha value is -4.31. The predicted molar refractivity (Wildman–Crippen MR) is 157 cm³/mol. The van der Waals surface area contributed by atoms with Crippen molar-refractivity contribution >= 4 is 29.3 Å². The van der Waals surface area contributed by atoms with Gasteiger partial charge in [-0.2, -0.15) is 0 Å². The third kappa shape index (κ3) is 6.89. The number of benzene rings is 2. The van der Waals surface area contributed by atoms with Gasteiger partial charge in [-0.05, 0) is 88.5 Å². The van der Waals surface area contributed by atoms with Gasteiger partial charge >= 0.3 is 18.0 Å². The molecule has 2 heterocycles. The number of urea groups is 1. The van der Waals surface area contributed by atoms with E-state index in [4.69, 9.17) is 4.74 Å². The molecule has 2 aliphatic heterocycles. The molecule has 2 aliphatic rings. The number of hydrogen-bond acceptors (Lipinski definition) is 6. The van der Waals surface area contributed by atoms with E-state index in [9.17, 15) is 24.6 Å². The molecule has 0 saturated carbocycles. The van der Waals surface area contributed by atoms with Crippen LogP contribution >= 0.6 is 0 Å². The number of nitrogens with one attached hydrogen (secondary N) is 2. The van der Waals surface area contributed by atoms with Gasteiger partial charge in [-0.15, -0.1) is 0 Å². The smallest absolute Gasteiger partial charge is 0.333 e. The molecule has 1 atom stereocenters. The lowest BCUT2D eigenvalue weighted by molar-refractivity contribution is -0.133. The van der Waals surface area contributed by atoms with E-state index in [1.807, 2.05) is 12.1 Å². The largest absolute Gasteiger partial charge is 0.497 e. The molecule has 4 N–H and O–H groups in total. The van der Waals surface area contributed by atoms with Gasteiger partial charge in [0.05, 0.1) is 18.3 Å². The molecule has 218 valence electrons. The van der Waals surface area contributed by atoms with Gasteiger partial charge in [0, 0.05) is 41.8 Å². The summed E-state index contributed by atoms with van der Waals surface area (Å²) in [6.07, 6.45) is 1.93. The maximum absolute atomic E-state index is 12.8. The molecule has 1 fully saturated rings. The standard InChI is InChI=1S/C31H38N4O6/c1-19(34-13-11-22(12-14-34)23-7-5-10-26(15-23)41-4)18-32-31(40)33-24-8-6-9-25(16-24)35-20(2)27(29(36)37)17-28(21(35)3)30(38)39/h5-10,15-16,19,22H,11-14,17-18H2,1-4H3,(H,36,37)(H,38,39)(H2,32,33,40). The number of ether oxygens (including phenoxy) is 1. The molecule has 1 saturated heterocycles. The first kappa shape index (κ1) is 29.7. The van der Waals surface area contributed by atoms with Gasteiger partial charge in [0.15, 0.2) is 0 Å². The Kier molecular flexibility index (Phi) is 9.34. The van der Waals surface area contributed by atoms with E-state index in [1.165, 1.54) is 5.56 Å². The van der Waals surface area contributed by atoms with Gasteiger partial charge in [0.1, 0.15) is 5.75 Å². The fourth-order valence-electron chi connectivity index (χ4n) is 5.64. The molecule has 0 spiro atoms. The second-order valence-corrected chi connectivity index (χ2v) is 10.6. The van der Waals surface area contributed by atoms with Gasteiger partial charge in [-0.25, -0.2) is 14.4 Å². The SMILES string of the molecule is COc1cccc(C2CCN(C(C)CNC(=O)Nc3cccc(N4C(C)=C(C(=O)O)CC(C(=O)O)=C4C)c3)CC2)c1. The molecule has 2 aromatic carbocycles. The number of allylic oxidation sites excluding steroid dienone is 2. The molecule has 1 unspecified atom stereocenters. The monoisotopic (exact) mass is 562 g/mol. The highest BCUT2D eigenvalue weighted by Crippen LogP contribution is 2.36. The number of carboxylic acids is 2. The number of nitrogens with zero attached hydrogens (tertiary/aromatic N) is 2. The minimum Gasteiger partial charge on any atom is -0.497 e. The van der Waals surface area contributed by atoms with Crippen molar-refractivity contribution in [1.82, 2.24) is 10.2 Å². The number of carbonyl (C=O) groups excluding carboxylic acids is 1. The van der Waals surface area contributed by atoms with Crippen molar-refractivity contribution in [2.75, 3.05) is 37.0 Å². The van der Waals surface area contributed by atoms with Crippen molar-refractivity contribution in [3.05, 3.63) is 76.6 Å². The lowest BCUT2D eigenvalue weighted by Crippen LogP contribution is -2.46. The van der Waals surface area contributed by atoms with Crippen LogP contribution in [0.4, 0.5) is 16.2 Å². The van der Waals surface area contributed by atoms with Gasteiger partial charge in [0.25, 0.3) is 0 Å². The van der Waals surface area contributed by atoms with E-state index < -0.39 is 11.9 Å². The fraction of sp³-hybridized carbons (Fsp3) is 0.387. The van der Waals surface area contributed by atoms with Crippen molar-refractivity contribution in [2.45, 2.75) is 52.0 Å². The van der Waals surface area contributed by atoms with E-state index in [-0.39, 0.29) is 29.6 Å². The lowest BCUT2D eigenvalue weighted by atomic mass is 9.89. The van der Waals surface area contributed by atoms with E-state index >= 15 is 0 Å². The normalized spacial score (nSPS) is 17.3. The Labute approximate surface area is 240 Å². The van der Waals surface area contributed by atoms with Crippen LogP contribution in [-0.4, -0.2) is 65.9 Å². The number of aliphatic carboxylic acids is 2. The summed E-state index contributed by atoms with van der Waals surface area (Å²) in [5, 5.41) is 25.1. The molecule has 10 heteroatoms. The Balaban J connectivity index is 1.34. The third-order valence-electron chi connectivity index (χ3n) is 8.05. The second kappa shape index (κ2) is 12.9. The number of methoxy groups -OCH3 is 1. The molecule has 0 aliphatic carbocycles. The van der Waals surface area contributed by atoms with E-state index in [1.54, 1.807) is 50.1 Å². The number of piperidine rings is 1. The van der Waals surface area contributed by atoms with Crippen LogP contribution in [0.3, 0.4) is 0 Å². The Morgan fingerprint density at radius 3 is 2.22 bits per heavy atom. The fourth-order valence-corrected chi connectivity index (χ4v) is 5.64. The van der Waals surface area contributed by atoms with Gasteiger partial charge < -0.3 is 30.5 Å². The molecule has 0 aromatic heterocycles. The summed E-state index contributed by atoms with van der Waals surface area (Å²) in [6.45, 7) is 7.78. The predicted octanol–water partition coefficient (Wildman–Crippen LogP) is 5.01. The number of likely N-dealkylation sites (tertiary alicyclic amines) is 1. The summed E-state index contributed by atoms with van der Waals surface area (Å²) in [6, 6.07) is 15.0. The molecule has 2 aromatic rings. The number of amides is 2. The van der Waals surface area contributed by atoms with E-state index in [0.717, 1.165) is 31.7 Å². The zero-order valence-electron chi connectivity index (χ0n) is 23.9. The maximum Gasteiger partial charge on any atom is 0.333 e. The molecule has 2 amide bonds. The zero-order valence-corrected chi connectivity index (χ0v) is 23.9. The Morgan fingerprint density at radius 1 is 0.976 bits per heavy atom. The van der Waals surface area contributed by atoms with Crippen molar-refractivity contribution in [1.29, 1.82) is 0 Å². The summed E-state index contributed by atoms with van der Waals surface area (Å²) in [5.74, 6) is -0.951. The van der Waals surface area contributed by atoms with Crippen LogP contribution in [0.2, 0.25) is 0 Å². The van der Waals surface area contributed by atoms with Crippen LogP contribution in [0.5, 0.6) is 5.75 Å². The van der Waals surface area contributed by atoms with Crippen LogP contribution in [0.25, 0.3) is 0 Å². The molecule has 10 nitrogen and oxygen atoms in total. The highest BCUT2D eigenvalue weighted by molar-refractivity contribution is 5.97. The molecule has 0 bridgehead atoms. The summed E-state index contributed by atoms with van der Waals surface area (Å²) in [5.41, 5.74) is 3.28. The zero-order chi connectivity index (χ0) is 29.7. The van der Waals surface area contributed by atoms with E-state index in [2.05, 4.69) is 34.6 Å². The van der Waals surface area contributed by atoms with Gasteiger partial charge in [-0.1, -0.05) is 18.2 Å². The molecular weight excluding hydrogens is 524 g/mol. The quantitative estimate of drug-likeness (QED) is 0.335. The molecule has 0 radical (unpaired) electrons. The lowest BCUT2D eigenvalue weighted by Gasteiger charge is -2.36. The Bertz CT molecular complexity index is 1340. The molecule has 41 heavy (non-hydrogen) atoms. The highest BCUT2D eigenvalue weighted by Gasteiger charge is 2.30. The summed E-state index contributed by atoms with van der Waals surface area (Å²) >= 11 is 0. The number of carboxylic acid groups (broad SMARTS) is 2. The topological polar surface area (TPSA) is 131 Å². The van der Waals surface area contributed by atoms with Gasteiger partial charge in [0.2, 0.25) is 0 Å². The van der Waals surface area contributed by atoms with Crippen LogP contribution in [0.15, 0.2) is 71.1 Å². The third-order valence-corrected chi connectivity index (χ3v) is 8.05. The highest BCUT2D eigenvalue weighted by atomic mass is 16.5. The van der Waals surface area contributed by atoms with E-state index in [0.29, 0.717) is 35.2 Å². The summed E-state index contributed by atoms with van der Waals surface area (Å²) < 4.78 is 5.37. The number of rotatable bonds is 9. The van der Waals surface area contributed by atoms with Crippen molar-refractivity contribution in [3.63, 3.8) is 0 Å². The van der Waals surface area contributed by atoms with Crippen LogP contribution < -0.4 is 20.3 Å². The molecule has 4 rings (SSSR count). The van der Waals surface area contributed by atoms with Gasteiger partial charge in [-0.3, -0.25) is 4.90 Å². The second-order valence-electron chi connectivity index (χ2n) is 10.6. The number of hydrogen-bond donors (Lipinski definition) is 4. The van der Waals surface area contributed by atoms with Crippen LogP contribution in [-0.2, 0) is 9.59 Å². The number of anilines is 2. The van der Waals surface area contributed by atoms with Crippen molar-refractivity contribution in [2.24, 2.45) is 0 Å². The first-order valence-corrected chi connectivity index (χ1v) is 13.8. The average Bonchev–Trinajstić information content (AvgIpc) is 2.96. The first-order valence-electron chi connectivity index (χ1n) is 13.8. The minimum absolute atomic E-state index is 0.0191. The molecular formula is C31H38N4O6. The number of carbonyl (C=O) groups is 3. The van der Waals surface area contributed by atoms with Crippen molar-refractivity contribution in [3.8, 4) is 5.75 Å². The van der Waals surface area contributed by atoms with Crippen LogP contribution in [0.1, 0.15) is 51.5 Å². The average molecular weight is 563 g/mol. The summed E-state index contributed by atoms with van der Waals surface area (Å²) in [4.78, 5) is 40.4. The maximum atomic E-state index is 12.8. The van der Waals surface area contributed by atoms with Crippen LogP contribution in [0, 0.1) is 0 Å². The van der Waals surface area contributed by atoms with Crippen molar-refractivity contribution < 1.29 is 29.3 Å². The Morgan fingerprint density at radius 2 is 1.61 bits per heavy atom. The summed E-state index contributed by atoms with van der Waals surface area (Å²) in [7, 11) is 1.68. The first-order chi connectivity index (χ1) is 19.6.